The smallest absolute Gasteiger partial charge is 0.286 e. The maximum absolute atomic E-state index is 10.8. The molecule has 17 heavy (non-hydrogen) atoms. The molecule has 0 atom stereocenters. The van der Waals surface area contributed by atoms with Crippen LogP contribution >= 0.6 is 0 Å². The van der Waals surface area contributed by atoms with Gasteiger partial charge >= 0.3 is 0 Å². The zero-order valence-electron chi connectivity index (χ0n) is 9.25. The van der Waals surface area contributed by atoms with Crippen LogP contribution in [0.15, 0.2) is 36.7 Å². The molecule has 0 aliphatic rings. The number of aryl methyl sites for hydroxylation is 1. The molecule has 0 saturated carbocycles. The number of nitrogens with zero attached hydrogens (tertiary/aromatic N) is 2. The fourth-order valence-corrected chi connectivity index (χ4v) is 1.29. The molecule has 1 aromatic carbocycles. The average molecular weight is 229 g/mol. The largest absolute Gasteiger partial charge is 0.454 e. The van der Waals surface area contributed by atoms with E-state index in [0.717, 1.165) is 11.3 Å². The van der Waals surface area contributed by atoms with Gasteiger partial charge in [-0.3, -0.25) is 4.79 Å². The number of carbonyl (C=O) groups is 1. The highest BCUT2D eigenvalue weighted by Gasteiger charge is 2.05. The molecule has 0 fully saturated rings. The summed E-state index contributed by atoms with van der Waals surface area (Å²) in [4.78, 5) is 18.4. The predicted octanol–water partition coefficient (Wildman–Crippen LogP) is 1.68. The molecule has 5 nitrogen and oxygen atoms in total. The van der Waals surface area contributed by atoms with Crippen molar-refractivity contribution in [2.75, 3.05) is 0 Å². The van der Waals surface area contributed by atoms with E-state index < -0.39 is 5.91 Å². The summed E-state index contributed by atoms with van der Waals surface area (Å²) in [6.07, 6.45) is 2.83. The molecule has 0 spiro atoms. The second kappa shape index (κ2) is 4.61. The van der Waals surface area contributed by atoms with Crippen LogP contribution in [0.1, 0.15) is 16.2 Å². The maximum atomic E-state index is 10.8. The highest BCUT2D eigenvalue weighted by Crippen LogP contribution is 2.23. The molecule has 86 valence electrons. The summed E-state index contributed by atoms with van der Waals surface area (Å²) in [5, 5.41) is 0. The fourth-order valence-electron chi connectivity index (χ4n) is 1.29. The van der Waals surface area contributed by atoms with Gasteiger partial charge in [-0.2, -0.15) is 0 Å². The van der Waals surface area contributed by atoms with Gasteiger partial charge in [0, 0.05) is 0 Å². The predicted molar refractivity (Wildman–Crippen MR) is 61.8 cm³/mol. The highest BCUT2D eigenvalue weighted by molar-refractivity contribution is 5.88. The van der Waals surface area contributed by atoms with Gasteiger partial charge in [-0.15, -0.1) is 0 Å². The van der Waals surface area contributed by atoms with Gasteiger partial charge < -0.3 is 10.5 Å². The highest BCUT2D eigenvalue weighted by atomic mass is 16.5. The summed E-state index contributed by atoms with van der Waals surface area (Å²) < 4.78 is 5.57. The molecule has 0 saturated heterocycles. The van der Waals surface area contributed by atoms with E-state index in [1.54, 1.807) is 0 Å². The third-order valence-electron chi connectivity index (χ3n) is 2.17. The van der Waals surface area contributed by atoms with Crippen LogP contribution < -0.4 is 10.5 Å². The Kier molecular flexibility index (Phi) is 3.00. The first kappa shape index (κ1) is 11.1. The summed E-state index contributed by atoms with van der Waals surface area (Å²) in [5.41, 5.74) is 6.04. The molecule has 2 aromatic rings. The normalized spacial score (nSPS) is 9.94. The summed E-state index contributed by atoms with van der Waals surface area (Å²) in [6, 6.07) is 7.58. The summed E-state index contributed by atoms with van der Waals surface area (Å²) >= 11 is 0. The van der Waals surface area contributed by atoms with E-state index >= 15 is 0 Å². The molecule has 2 rings (SSSR count). The topological polar surface area (TPSA) is 78.1 Å². The summed E-state index contributed by atoms with van der Waals surface area (Å²) in [5.74, 6) is 0.502. The molecule has 1 aromatic heterocycles. The monoisotopic (exact) mass is 229 g/mol. The lowest BCUT2D eigenvalue weighted by atomic mass is 10.2. The lowest BCUT2D eigenvalue weighted by Gasteiger charge is -2.07. The number of carbonyl (C=O) groups excluding carboxylic acids is 1. The maximum Gasteiger partial charge on any atom is 0.286 e. The van der Waals surface area contributed by atoms with Crippen molar-refractivity contribution >= 4 is 5.91 Å². The van der Waals surface area contributed by atoms with Gasteiger partial charge in [0.2, 0.25) is 5.82 Å². The molecular formula is C12H11N3O2. The second-order valence-corrected chi connectivity index (χ2v) is 3.47. The van der Waals surface area contributed by atoms with Gasteiger partial charge in [-0.05, 0) is 18.6 Å². The first-order valence-electron chi connectivity index (χ1n) is 5.02. The Labute approximate surface area is 98.3 Å². The Bertz CT molecular complexity index is 538. The van der Waals surface area contributed by atoms with Crippen molar-refractivity contribution in [3.05, 3.63) is 48.0 Å². The van der Waals surface area contributed by atoms with Crippen LogP contribution in [0.25, 0.3) is 0 Å². The van der Waals surface area contributed by atoms with E-state index in [2.05, 4.69) is 9.97 Å². The van der Waals surface area contributed by atoms with E-state index in [4.69, 9.17) is 10.5 Å². The van der Waals surface area contributed by atoms with Crippen molar-refractivity contribution in [1.82, 2.24) is 9.97 Å². The van der Waals surface area contributed by atoms with Crippen LogP contribution in [0.5, 0.6) is 11.5 Å². The van der Waals surface area contributed by atoms with E-state index in [9.17, 15) is 4.79 Å². The molecule has 0 aliphatic carbocycles. The van der Waals surface area contributed by atoms with Crippen molar-refractivity contribution in [2.24, 2.45) is 5.73 Å². The number of para-hydroxylation sites is 1. The number of primary amides is 1. The quantitative estimate of drug-likeness (QED) is 0.868. The minimum absolute atomic E-state index is 0.0258. The first-order valence-corrected chi connectivity index (χ1v) is 5.02. The number of benzene rings is 1. The first-order chi connectivity index (χ1) is 8.16. The zero-order valence-corrected chi connectivity index (χ0v) is 9.25. The molecule has 5 heteroatoms. The molecule has 1 heterocycles. The molecule has 2 N–H and O–H groups in total. The van der Waals surface area contributed by atoms with Crippen LogP contribution in [0.3, 0.4) is 0 Å². The Balaban J connectivity index is 2.20. The number of aromatic nitrogens is 2. The van der Waals surface area contributed by atoms with Crippen LogP contribution in [-0.2, 0) is 0 Å². The van der Waals surface area contributed by atoms with Crippen molar-refractivity contribution in [3.63, 3.8) is 0 Å². The third kappa shape index (κ3) is 2.57. The van der Waals surface area contributed by atoms with Gasteiger partial charge in [0.15, 0.2) is 5.75 Å². The zero-order chi connectivity index (χ0) is 12.3. The number of rotatable bonds is 3. The minimum Gasteiger partial charge on any atom is -0.454 e. The van der Waals surface area contributed by atoms with Crippen molar-refractivity contribution in [2.45, 2.75) is 6.92 Å². The minimum atomic E-state index is -0.660. The number of nitrogens with two attached hydrogens (primary N) is 1. The van der Waals surface area contributed by atoms with Crippen LogP contribution in [0.4, 0.5) is 0 Å². The molecule has 0 aliphatic heterocycles. The summed E-state index contributed by atoms with van der Waals surface area (Å²) in [7, 11) is 0. The van der Waals surface area contributed by atoms with Crippen LogP contribution in [-0.4, -0.2) is 15.9 Å². The van der Waals surface area contributed by atoms with Gasteiger partial charge in [0.25, 0.3) is 5.91 Å². The number of hydrogen-bond acceptors (Lipinski definition) is 4. The molecular weight excluding hydrogens is 218 g/mol. The molecule has 0 bridgehead atoms. The van der Waals surface area contributed by atoms with Crippen molar-refractivity contribution < 1.29 is 9.53 Å². The lowest BCUT2D eigenvalue weighted by molar-refractivity contribution is 0.0990. The lowest BCUT2D eigenvalue weighted by Crippen LogP contribution is -2.14. The van der Waals surface area contributed by atoms with Gasteiger partial charge in [0.05, 0.1) is 12.4 Å². The Morgan fingerprint density at radius 3 is 2.47 bits per heavy atom. The van der Waals surface area contributed by atoms with E-state index in [0.29, 0.717) is 5.75 Å². The fraction of sp³-hybridized carbons (Fsp3) is 0.0833. The van der Waals surface area contributed by atoms with E-state index in [1.165, 1.54) is 12.4 Å². The van der Waals surface area contributed by atoms with E-state index in [-0.39, 0.29) is 5.82 Å². The Morgan fingerprint density at radius 2 is 1.88 bits per heavy atom. The van der Waals surface area contributed by atoms with Crippen LogP contribution in [0, 0.1) is 6.92 Å². The second-order valence-electron chi connectivity index (χ2n) is 3.47. The SMILES string of the molecule is Cc1ccccc1Oc1cnc(C(N)=O)nc1. The Hall–Kier alpha value is -2.43. The standard InChI is InChI=1S/C12H11N3O2/c1-8-4-2-3-5-10(8)17-9-6-14-12(11(13)16)15-7-9/h2-7H,1H3,(H2,13,16). The number of hydrogen-bond donors (Lipinski definition) is 1. The number of amides is 1. The third-order valence-corrected chi connectivity index (χ3v) is 2.17. The molecule has 1 amide bonds. The van der Waals surface area contributed by atoms with Gasteiger partial charge in [-0.25, -0.2) is 9.97 Å². The van der Waals surface area contributed by atoms with E-state index in [1.807, 2.05) is 31.2 Å². The summed E-state index contributed by atoms with van der Waals surface area (Å²) in [6.45, 7) is 1.94. The average Bonchev–Trinajstić information content (AvgIpc) is 2.33. The van der Waals surface area contributed by atoms with Crippen molar-refractivity contribution in [3.8, 4) is 11.5 Å². The number of ether oxygens (including phenoxy) is 1. The van der Waals surface area contributed by atoms with Gasteiger partial charge in [0.1, 0.15) is 5.75 Å². The van der Waals surface area contributed by atoms with Crippen molar-refractivity contribution in [1.29, 1.82) is 0 Å². The Morgan fingerprint density at radius 1 is 1.24 bits per heavy atom. The van der Waals surface area contributed by atoms with Gasteiger partial charge in [-0.1, -0.05) is 18.2 Å². The molecule has 0 radical (unpaired) electrons. The van der Waals surface area contributed by atoms with Crippen LogP contribution in [0.2, 0.25) is 0 Å². The molecule has 0 unspecified atom stereocenters.